The Balaban J connectivity index is 2.22. The maximum Gasteiger partial charge on any atom is 0.220 e. The summed E-state index contributed by atoms with van der Waals surface area (Å²) >= 11 is 4.99. The van der Waals surface area contributed by atoms with E-state index in [0.717, 1.165) is 44.0 Å². The average molecular weight is 312 g/mol. The molecule has 0 bridgehead atoms. The van der Waals surface area contributed by atoms with Gasteiger partial charge in [-0.05, 0) is 38.4 Å². The normalized spacial score (nSPS) is 11.5. The van der Waals surface area contributed by atoms with Crippen LogP contribution in [-0.4, -0.2) is 51.3 Å². The van der Waals surface area contributed by atoms with Crippen molar-refractivity contribution in [1.29, 1.82) is 0 Å². The van der Waals surface area contributed by atoms with Gasteiger partial charge in [0.1, 0.15) is 0 Å². The van der Waals surface area contributed by atoms with Gasteiger partial charge in [0.25, 0.3) is 0 Å². The lowest BCUT2D eigenvalue weighted by Crippen LogP contribution is -2.33. The molecule has 0 aliphatic heterocycles. The first-order valence-electron chi connectivity index (χ1n) is 7.84. The summed E-state index contributed by atoms with van der Waals surface area (Å²) in [5, 5.41) is 0. The molecule has 1 aromatic rings. The molecule has 0 aliphatic rings. The predicted octanol–water partition coefficient (Wildman–Crippen LogP) is 2.54. The molecule has 0 fully saturated rings. The van der Waals surface area contributed by atoms with Gasteiger partial charge in [0.05, 0.1) is 23.4 Å². The van der Waals surface area contributed by atoms with E-state index in [1.807, 2.05) is 18.9 Å². The minimum Gasteiger partial charge on any atom is -0.378 e. The lowest BCUT2D eigenvalue weighted by molar-refractivity contribution is 0.108. The summed E-state index contributed by atoms with van der Waals surface area (Å²) < 4.78 is 6.17. The number of hydrogen-bond donors (Lipinski definition) is 0. The number of anilines is 1. The van der Waals surface area contributed by atoms with Gasteiger partial charge in [-0.25, -0.2) is 0 Å². The summed E-state index contributed by atoms with van der Waals surface area (Å²) in [7, 11) is 1.92. The van der Waals surface area contributed by atoms with Crippen molar-refractivity contribution in [3.63, 3.8) is 0 Å². The molecule has 0 N–H and O–H groups in total. The lowest BCUT2D eigenvalue weighted by Gasteiger charge is -2.23. The number of rotatable bonds is 11. The quantitative estimate of drug-likeness (QED) is 0.463. The Hall–Kier alpha value is -0.780. The van der Waals surface area contributed by atoms with E-state index < -0.39 is 0 Å². The van der Waals surface area contributed by atoms with E-state index in [1.165, 1.54) is 12.8 Å². The molecule has 0 amide bonds. The first-order valence-corrected chi connectivity index (χ1v) is 8.24. The van der Waals surface area contributed by atoms with E-state index in [-0.39, 0.29) is 5.43 Å². The van der Waals surface area contributed by atoms with Crippen LogP contribution in [0, 0.1) is 11.4 Å². The molecule has 1 aromatic carbocycles. The van der Waals surface area contributed by atoms with Gasteiger partial charge in [0.15, 0.2) is 0 Å². The number of ether oxygens (including phenoxy) is 1. The highest BCUT2D eigenvalue weighted by Gasteiger charge is 2.17. The first-order chi connectivity index (χ1) is 10.0. The Morgan fingerprint density at radius 2 is 1.62 bits per heavy atom. The second kappa shape index (κ2) is 9.28. The van der Waals surface area contributed by atoms with Crippen molar-refractivity contribution in [2.75, 3.05) is 51.3 Å². The summed E-state index contributed by atoms with van der Waals surface area (Å²) in [6.07, 6.45) is 2.36. The van der Waals surface area contributed by atoms with Gasteiger partial charge >= 0.3 is 0 Å². The van der Waals surface area contributed by atoms with E-state index in [1.54, 1.807) is 0 Å². The van der Waals surface area contributed by atoms with Gasteiger partial charge in [-0.1, -0.05) is 26.1 Å². The van der Waals surface area contributed by atoms with Crippen LogP contribution in [0.2, 0.25) is 0 Å². The van der Waals surface area contributed by atoms with Crippen LogP contribution in [-0.2, 0) is 4.74 Å². The van der Waals surface area contributed by atoms with Crippen molar-refractivity contribution < 1.29 is 4.74 Å². The van der Waals surface area contributed by atoms with Crippen molar-refractivity contribution in [1.82, 2.24) is 4.90 Å². The molecule has 0 heterocycles. The van der Waals surface area contributed by atoms with Crippen molar-refractivity contribution in [3.8, 4) is 0 Å². The molecule has 1 rings (SSSR count). The maximum absolute atomic E-state index is 11.6. The Bertz CT molecular complexity index is 489. The third kappa shape index (κ3) is 5.16. The molecule has 5 heteroatoms. The lowest BCUT2D eigenvalue weighted by atomic mass is 10.1. The van der Waals surface area contributed by atoms with Gasteiger partial charge < -0.3 is 14.5 Å². The topological polar surface area (TPSA) is 32.8 Å². The Kier molecular flexibility index (Phi) is 8.07. The summed E-state index contributed by atoms with van der Waals surface area (Å²) in [4.78, 5) is 16.0. The smallest absolute Gasteiger partial charge is 0.220 e. The number of nitrogens with zero attached hydrogens (tertiary/aromatic N) is 2. The second-order valence-electron chi connectivity index (χ2n) is 5.51. The van der Waals surface area contributed by atoms with Crippen LogP contribution in [0.25, 0.3) is 0 Å². The number of likely N-dealkylation sites (N-methyl/N-ethyl adjacent to an activating group) is 1. The molecule has 0 spiro atoms. The highest BCUT2D eigenvalue weighted by molar-refractivity contribution is 7.71. The van der Waals surface area contributed by atoms with Crippen molar-refractivity contribution in [2.45, 2.75) is 33.6 Å². The van der Waals surface area contributed by atoms with Crippen LogP contribution in [0.15, 0.2) is 4.79 Å². The average Bonchev–Trinajstić information content (AvgIpc) is 2.47. The molecule has 120 valence electrons. The molecule has 0 atom stereocenters. The molecule has 0 radical (unpaired) electrons. The van der Waals surface area contributed by atoms with Crippen LogP contribution < -0.4 is 10.3 Å². The Morgan fingerprint density at radius 1 is 1.05 bits per heavy atom. The molecule has 21 heavy (non-hydrogen) atoms. The van der Waals surface area contributed by atoms with Crippen molar-refractivity contribution in [2.24, 2.45) is 0 Å². The fourth-order valence-corrected chi connectivity index (χ4v) is 2.72. The highest BCUT2D eigenvalue weighted by atomic mass is 32.1. The number of hydrogen-bond acceptors (Lipinski definition) is 5. The zero-order valence-electron chi connectivity index (χ0n) is 13.8. The van der Waals surface area contributed by atoms with Crippen LogP contribution in [0.1, 0.15) is 32.3 Å². The first kappa shape index (κ1) is 18.3. The van der Waals surface area contributed by atoms with Crippen LogP contribution in [0.4, 0.5) is 5.69 Å². The van der Waals surface area contributed by atoms with Crippen LogP contribution >= 0.6 is 12.2 Å². The van der Waals surface area contributed by atoms with E-state index in [2.05, 4.69) is 18.7 Å². The molecule has 0 aliphatic carbocycles. The standard InChI is InChI=1S/C16H28N2O2S/c1-5-7-18(8-6-2)10-12-20-11-9-17(4)14-13(3)16(21)15(14)19/h5-12H2,1-4H3. The van der Waals surface area contributed by atoms with Crippen LogP contribution in [0.3, 0.4) is 0 Å². The zero-order chi connectivity index (χ0) is 15.8. The van der Waals surface area contributed by atoms with E-state index in [4.69, 9.17) is 17.0 Å². The summed E-state index contributed by atoms with van der Waals surface area (Å²) in [5.74, 6) is 0. The monoisotopic (exact) mass is 312 g/mol. The molecule has 0 saturated carbocycles. The summed E-state index contributed by atoms with van der Waals surface area (Å²) in [5.41, 5.74) is 1.69. The van der Waals surface area contributed by atoms with E-state index in [0.29, 0.717) is 11.1 Å². The Labute approximate surface area is 133 Å². The van der Waals surface area contributed by atoms with Gasteiger partial charge in [0.2, 0.25) is 5.43 Å². The van der Waals surface area contributed by atoms with Gasteiger partial charge in [0, 0.05) is 20.1 Å². The van der Waals surface area contributed by atoms with Crippen molar-refractivity contribution >= 4 is 17.9 Å². The molecular formula is C16H28N2O2S. The maximum atomic E-state index is 11.6. The zero-order valence-corrected chi connectivity index (χ0v) is 14.6. The third-order valence-electron chi connectivity index (χ3n) is 3.70. The predicted molar refractivity (Wildman–Crippen MR) is 91.8 cm³/mol. The van der Waals surface area contributed by atoms with Gasteiger partial charge in [-0.15, -0.1) is 0 Å². The fourth-order valence-electron chi connectivity index (χ4n) is 2.53. The van der Waals surface area contributed by atoms with Gasteiger partial charge in [-0.2, -0.15) is 0 Å². The molecule has 4 nitrogen and oxygen atoms in total. The third-order valence-corrected chi connectivity index (χ3v) is 4.19. The molecular weight excluding hydrogens is 284 g/mol. The SMILES string of the molecule is CCCN(CCC)CCOCCN(C)c1c(C)c(=S)c1=O. The van der Waals surface area contributed by atoms with Gasteiger partial charge in [-0.3, -0.25) is 4.79 Å². The summed E-state index contributed by atoms with van der Waals surface area (Å²) in [6, 6.07) is 0. The minimum absolute atomic E-state index is 0.00191. The van der Waals surface area contributed by atoms with Crippen molar-refractivity contribution in [3.05, 3.63) is 20.3 Å². The van der Waals surface area contributed by atoms with Crippen LogP contribution in [0.5, 0.6) is 0 Å². The molecule has 0 unspecified atom stereocenters. The van der Waals surface area contributed by atoms with E-state index >= 15 is 0 Å². The highest BCUT2D eigenvalue weighted by Crippen LogP contribution is 2.17. The molecule has 0 aromatic heterocycles. The summed E-state index contributed by atoms with van der Waals surface area (Å²) in [6.45, 7) is 11.7. The van der Waals surface area contributed by atoms with E-state index in [9.17, 15) is 4.79 Å². The fraction of sp³-hybridized carbons (Fsp3) is 0.750. The molecule has 0 saturated heterocycles. The largest absolute Gasteiger partial charge is 0.378 e. The second-order valence-corrected chi connectivity index (χ2v) is 5.92. The minimum atomic E-state index is 0.00191. The Morgan fingerprint density at radius 3 is 2.14 bits per heavy atom.